The fourth-order valence-corrected chi connectivity index (χ4v) is 2.71. The van der Waals surface area contributed by atoms with Gasteiger partial charge in [-0.2, -0.15) is 18.3 Å². The third-order valence-corrected chi connectivity index (χ3v) is 4.16. The number of hydrogen-bond donors (Lipinski definition) is 0. The number of carbonyl (C=O) groups excluding carboxylic acids is 1. The normalized spacial score (nSPS) is 12.1. The first kappa shape index (κ1) is 20.2. The lowest BCUT2D eigenvalue weighted by atomic mass is 10.2. The maximum atomic E-state index is 13.1. The molecule has 2 heterocycles. The van der Waals surface area contributed by atoms with E-state index in [2.05, 4.69) is 15.2 Å². The lowest BCUT2D eigenvalue weighted by molar-refractivity contribution is -0.137. The Morgan fingerprint density at radius 1 is 1.14 bits per heavy atom. The number of aryl methyl sites for hydroxylation is 1. The lowest BCUT2D eigenvalue weighted by Gasteiger charge is -2.11. The molecule has 0 spiro atoms. The number of carbonyl (C=O) groups is 1. The molecule has 29 heavy (non-hydrogen) atoms. The van der Waals surface area contributed by atoms with Crippen molar-refractivity contribution in [3.63, 3.8) is 0 Å². The van der Waals surface area contributed by atoms with Gasteiger partial charge in [0.1, 0.15) is 0 Å². The quantitative estimate of drug-likeness (QED) is 0.366. The Hall–Kier alpha value is -3.49. The highest BCUT2D eigenvalue weighted by Gasteiger charge is 2.31. The minimum Gasteiger partial charge on any atom is -0.313 e. The average Bonchev–Trinajstić information content (AvgIpc) is 3.07. The Kier molecular flexibility index (Phi) is 5.49. The van der Waals surface area contributed by atoms with E-state index >= 15 is 0 Å². The molecule has 0 saturated heterocycles. The summed E-state index contributed by atoms with van der Waals surface area (Å²) >= 11 is 0. The number of pyridine rings is 1. The van der Waals surface area contributed by atoms with Gasteiger partial charge in [-0.05, 0) is 45.0 Å². The fourth-order valence-electron chi connectivity index (χ4n) is 2.71. The van der Waals surface area contributed by atoms with Gasteiger partial charge in [-0.3, -0.25) is 0 Å². The summed E-state index contributed by atoms with van der Waals surface area (Å²) in [5.41, 5.74) is 1.13. The highest BCUT2D eigenvalue weighted by molar-refractivity contribution is 6.00. The summed E-state index contributed by atoms with van der Waals surface area (Å²) in [5, 5.41) is 7.95. The van der Waals surface area contributed by atoms with Crippen molar-refractivity contribution in [2.75, 3.05) is 0 Å². The Bertz CT molecular complexity index is 1070. The van der Waals surface area contributed by atoms with Gasteiger partial charge in [0.05, 0.1) is 28.7 Å². The molecule has 6 nitrogen and oxygen atoms in total. The highest BCUT2D eigenvalue weighted by atomic mass is 19.4. The van der Waals surface area contributed by atoms with Gasteiger partial charge in [-0.25, -0.2) is 14.5 Å². The number of rotatable bonds is 4. The van der Waals surface area contributed by atoms with Crippen LogP contribution in [-0.4, -0.2) is 26.4 Å². The van der Waals surface area contributed by atoms with E-state index in [0.717, 1.165) is 12.1 Å². The highest BCUT2D eigenvalue weighted by Crippen LogP contribution is 2.30. The van der Waals surface area contributed by atoms with Crippen LogP contribution < -0.4 is 0 Å². The molecule has 0 N–H and O–H groups in total. The van der Waals surface area contributed by atoms with Crippen LogP contribution in [0.1, 0.15) is 39.8 Å². The smallest absolute Gasteiger partial charge is 0.313 e. The van der Waals surface area contributed by atoms with Crippen LogP contribution in [-0.2, 0) is 11.0 Å². The first-order valence-corrected chi connectivity index (χ1v) is 8.59. The molecule has 0 radical (unpaired) electrons. The molecule has 0 aliphatic heterocycles. The summed E-state index contributed by atoms with van der Waals surface area (Å²) in [5.74, 6) is -0.583. The second-order valence-corrected chi connectivity index (χ2v) is 6.33. The zero-order valence-corrected chi connectivity index (χ0v) is 15.9. The number of benzene rings is 1. The van der Waals surface area contributed by atoms with E-state index in [-0.39, 0.29) is 11.5 Å². The molecular formula is C20H17F3N4O2. The van der Waals surface area contributed by atoms with Crippen molar-refractivity contribution in [2.45, 2.75) is 26.9 Å². The second kappa shape index (κ2) is 7.86. The van der Waals surface area contributed by atoms with Crippen molar-refractivity contribution in [3.05, 3.63) is 76.7 Å². The number of oxime groups is 1. The third-order valence-electron chi connectivity index (χ3n) is 4.16. The molecule has 150 valence electrons. The van der Waals surface area contributed by atoms with Crippen LogP contribution in [0, 0.1) is 13.8 Å². The summed E-state index contributed by atoms with van der Waals surface area (Å²) in [6.45, 7) is 4.75. The topological polar surface area (TPSA) is 69.4 Å². The molecule has 0 bridgehead atoms. The lowest BCUT2D eigenvalue weighted by Crippen LogP contribution is -2.10. The van der Waals surface area contributed by atoms with Gasteiger partial charge in [0.25, 0.3) is 0 Å². The van der Waals surface area contributed by atoms with Gasteiger partial charge in [-0.1, -0.05) is 23.4 Å². The molecule has 0 unspecified atom stereocenters. The molecular weight excluding hydrogens is 385 g/mol. The second-order valence-electron chi connectivity index (χ2n) is 6.33. The van der Waals surface area contributed by atoms with E-state index < -0.39 is 17.7 Å². The van der Waals surface area contributed by atoms with E-state index in [4.69, 9.17) is 4.84 Å². The van der Waals surface area contributed by atoms with Crippen molar-refractivity contribution in [1.82, 2.24) is 14.8 Å². The molecule has 0 aliphatic rings. The van der Waals surface area contributed by atoms with Crippen LogP contribution in [0.2, 0.25) is 0 Å². The summed E-state index contributed by atoms with van der Waals surface area (Å²) in [7, 11) is 0. The number of hydrogen-bond acceptors (Lipinski definition) is 5. The Morgan fingerprint density at radius 3 is 2.48 bits per heavy atom. The summed E-state index contributed by atoms with van der Waals surface area (Å²) in [4.78, 5) is 21.1. The predicted molar refractivity (Wildman–Crippen MR) is 99.9 cm³/mol. The number of nitrogens with zero attached hydrogens (tertiary/aromatic N) is 4. The van der Waals surface area contributed by atoms with E-state index in [1.165, 1.54) is 17.8 Å². The molecule has 9 heteroatoms. The van der Waals surface area contributed by atoms with Gasteiger partial charge >= 0.3 is 12.1 Å². The monoisotopic (exact) mass is 402 g/mol. The number of aromatic nitrogens is 3. The molecule has 0 fully saturated rings. The van der Waals surface area contributed by atoms with Gasteiger partial charge in [0, 0.05) is 11.3 Å². The van der Waals surface area contributed by atoms with Crippen molar-refractivity contribution in [3.8, 4) is 5.82 Å². The largest absolute Gasteiger partial charge is 0.416 e. The Labute approximate surface area is 164 Å². The van der Waals surface area contributed by atoms with Crippen LogP contribution in [0.25, 0.3) is 5.82 Å². The number of alkyl halides is 3. The number of halogens is 3. The predicted octanol–water partition coefficient (Wildman–Crippen LogP) is 4.48. The van der Waals surface area contributed by atoms with Crippen LogP contribution in [0.3, 0.4) is 0 Å². The van der Waals surface area contributed by atoms with Gasteiger partial charge < -0.3 is 4.84 Å². The maximum Gasteiger partial charge on any atom is 0.416 e. The average molecular weight is 402 g/mol. The van der Waals surface area contributed by atoms with E-state index in [1.54, 1.807) is 44.2 Å². The molecule has 0 saturated carbocycles. The fraction of sp³-hybridized carbons (Fsp3) is 0.200. The summed E-state index contributed by atoms with van der Waals surface area (Å²) in [6, 6.07) is 10.3. The van der Waals surface area contributed by atoms with Crippen LogP contribution >= 0.6 is 0 Å². The molecule has 2 aromatic heterocycles. The molecule has 0 atom stereocenters. The third kappa shape index (κ3) is 4.50. The van der Waals surface area contributed by atoms with Crippen LogP contribution in [0.4, 0.5) is 13.2 Å². The Balaban J connectivity index is 1.88. The zero-order chi connectivity index (χ0) is 21.2. The van der Waals surface area contributed by atoms with Gasteiger partial charge in [-0.15, -0.1) is 0 Å². The van der Waals surface area contributed by atoms with E-state index in [1.807, 2.05) is 0 Å². The van der Waals surface area contributed by atoms with Crippen molar-refractivity contribution < 1.29 is 22.8 Å². The van der Waals surface area contributed by atoms with Crippen molar-refractivity contribution in [1.29, 1.82) is 0 Å². The Morgan fingerprint density at radius 2 is 1.83 bits per heavy atom. The first-order valence-electron chi connectivity index (χ1n) is 8.59. The van der Waals surface area contributed by atoms with Gasteiger partial charge in [0.15, 0.2) is 5.82 Å². The minimum atomic E-state index is -4.49. The standard InChI is InChI=1S/C20H17F3N4O2/c1-12-9-16(20(21,22)23)10-18(25-12)27-14(3)17(11-24-27)13(2)26-29-19(28)15-7-5-4-6-8-15/h4-11H,1-3H3. The van der Waals surface area contributed by atoms with Crippen LogP contribution in [0.5, 0.6) is 0 Å². The van der Waals surface area contributed by atoms with E-state index in [0.29, 0.717) is 22.5 Å². The first-order chi connectivity index (χ1) is 13.7. The maximum absolute atomic E-state index is 13.1. The zero-order valence-electron chi connectivity index (χ0n) is 15.9. The summed E-state index contributed by atoms with van der Waals surface area (Å²) < 4.78 is 40.6. The van der Waals surface area contributed by atoms with Crippen molar-refractivity contribution in [2.24, 2.45) is 5.16 Å². The minimum absolute atomic E-state index is 0.0372. The SMILES string of the molecule is CC(=NOC(=O)c1ccccc1)c1cnn(-c2cc(C(F)(F)F)cc(C)n2)c1C. The van der Waals surface area contributed by atoms with E-state index in [9.17, 15) is 18.0 Å². The summed E-state index contributed by atoms with van der Waals surface area (Å²) in [6.07, 6.45) is -3.06. The molecule has 3 rings (SSSR count). The van der Waals surface area contributed by atoms with Crippen LogP contribution in [0.15, 0.2) is 53.8 Å². The molecule has 1 aromatic carbocycles. The molecule has 0 amide bonds. The van der Waals surface area contributed by atoms with Crippen molar-refractivity contribution >= 4 is 11.7 Å². The van der Waals surface area contributed by atoms with Gasteiger partial charge in [0.2, 0.25) is 0 Å². The molecule has 3 aromatic rings. The molecule has 0 aliphatic carbocycles.